The number of hydrogen-bond donors (Lipinski definition) is 1. The quantitative estimate of drug-likeness (QED) is 0.766. The van der Waals surface area contributed by atoms with E-state index in [0.29, 0.717) is 23.7 Å². The summed E-state index contributed by atoms with van der Waals surface area (Å²) >= 11 is 0. The number of benzene rings is 1. The zero-order chi connectivity index (χ0) is 20.5. The smallest absolute Gasteiger partial charge is 0.220 e. The molecule has 6 unspecified atom stereocenters. The van der Waals surface area contributed by atoms with Crippen molar-refractivity contribution in [1.82, 2.24) is 20.3 Å². The molecule has 2 heterocycles. The Labute approximate surface area is 178 Å². The molecule has 6 atom stereocenters. The van der Waals surface area contributed by atoms with Gasteiger partial charge in [0.05, 0.1) is 17.1 Å². The van der Waals surface area contributed by atoms with E-state index in [9.17, 15) is 4.79 Å². The monoisotopic (exact) mass is 404 g/mol. The van der Waals surface area contributed by atoms with Crippen molar-refractivity contribution in [2.24, 2.45) is 23.2 Å². The van der Waals surface area contributed by atoms with Crippen LogP contribution >= 0.6 is 0 Å². The second-order valence-corrected chi connectivity index (χ2v) is 10.7. The molecule has 0 radical (unpaired) electrons. The van der Waals surface area contributed by atoms with E-state index in [1.54, 1.807) is 0 Å². The summed E-state index contributed by atoms with van der Waals surface area (Å²) in [6.45, 7) is 4.85. The van der Waals surface area contributed by atoms with Crippen molar-refractivity contribution in [3.05, 3.63) is 41.7 Å². The molecular weight excluding hydrogens is 372 g/mol. The van der Waals surface area contributed by atoms with Gasteiger partial charge in [-0.2, -0.15) is 15.0 Å². The molecular formula is C25H32N4O. The number of carbonyl (C=O) groups excluding carboxylic acids is 1. The van der Waals surface area contributed by atoms with E-state index in [-0.39, 0.29) is 11.4 Å². The molecule has 158 valence electrons. The molecule has 2 aromatic rings. The summed E-state index contributed by atoms with van der Waals surface area (Å²) in [7, 11) is 0. The zero-order valence-electron chi connectivity index (χ0n) is 18.1. The minimum absolute atomic E-state index is 0.00989. The summed E-state index contributed by atoms with van der Waals surface area (Å²) in [6, 6.07) is 10.3. The van der Waals surface area contributed by atoms with Crippen LogP contribution in [0.25, 0.3) is 5.69 Å². The molecule has 30 heavy (non-hydrogen) atoms. The van der Waals surface area contributed by atoms with E-state index in [4.69, 9.17) is 10.2 Å². The average molecular weight is 405 g/mol. The van der Waals surface area contributed by atoms with Crippen molar-refractivity contribution in [1.29, 1.82) is 0 Å². The topological polar surface area (TPSA) is 59.8 Å². The van der Waals surface area contributed by atoms with Crippen molar-refractivity contribution >= 4 is 5.91 Å². The van der Waals surface area contributed by atoms with E-state index < -0.39 is 0 Å². The van der Waals surface area contributed by atoms with Crippen LogP contribution in [-0.2, 0) is 11.2 Å². The molecule has 5 nitrogen and oxygen atoms in total. The third kappa shape index (κ3) is 2.56. The van der Waals surface area contributed by atoms with Crippen molar-refractivity contribution in [2.45, 2.75) is 76.7 Å². The van der Waals surface area contributed by atoms with Crippen LogP contribution in [-0.4, -0.2) is 26.4 Å². The van der Waals surface area contributed by atoms with E-state index in [1.807, 2.05) is 10.9 Å². The van der Waals surface area contributed by atoms with Crippen LogP contribution in [0, 0.1) is 23.2 Å². The fourth-order valence-corrected chi connectivity index (χ4v) is 7.80. The number of rotatable bonds is 1. The highest BCUT2D eigenvalue weighted by atomic mass is 16.1. The number of nitrogens with one attached hydrogen (secondary N) is 1. The van der Waals surface area contributed by atoms with Gasteiger partial charge in [-0.15, -0.1) is 0 Å². The van der Waals surface area contributed by atoms with Gasteiger partial charge >= 0.3 is 0 Å². The highest BCUT2D eigenvalue weighted by molar-refractivity contribution is 5.77. The Morgan fingerprint density at radius 2 is 1.80 bits per heavy atom. The molecule has 1 N–H and O–H groups in total. The normalized spacial score (nSPS) is 39.9. The van der Waals surface area contributed by atoms with Gasteiger partial charge in [-0.05, 0) is 87.2 Å². The Bertz CT molecular complexity index is 984. The Hall–Kier alpha value is -2.17. The summed E-state index contributed by atoms with van der Waals surface area (Å²) in [5, 5.41) is 13.3. The number of amides is 1. The van der Waals surface area contributed by atoms with E-state index >= 15 is 0 Å². The van der Waals surface area contributed by atoms with Crippen molar-refractivity contribution in [3.63, 3.8) is 0 Å². The number of aryl methyl sites for hydroxylation is 1. The first-order valence-electron chi connectivity index (χ1n) is 11.8. The SMILES string of the molecule is CC12CCC3C(CCC4c5nn(-c6ccccc6)nc5CCC43C)C1CCC(=O)N2. The number of para-hydroxylation sites is 1. The lowest BCUT2D eigenvalue weighted by Gasteiger charge is -2.61. The molecule has 6 rings (SSSR count). The molecule has 4 aliphatic rings. The van der Waals surface area contributed by atoms with Crippen LogP contribution in [0.15, 0.2) is 30.3 Å². The third-order valence-corrected chi connectivity index (χ3v) is 9.30. The van der Waals surface area contributed by atoms with Crippen LogP contribution in [0.2, 0.25) is 0 Å². The largest absolute Gasteiger partial charge is 0.351 e. The van der Waals surface area contributed by atoms with Gasteiger partial charge < -0.3 is 5.32 Å². The summed E-state index contributed by atoms with van der Waals surface area (Å²) in [4.78, 5) is 14.0. The maximum atomic E-state index is 12.1. The molecule has 1 saturated heterocycles. The summed E-state index contributed by atoms with van der Waals surface area (Å²) in [6.07, 6.45) is 8.85. The zero-order valence-corrected chi connectivity index (χ0v) is 18.1. The van der Waals surface area contributed by atoms with Gasteiger partial charge in [0, 0.05) is 17.9 Å². The van der Waals surface area contributed by atoms with E-state index in [0.717, 1.165) is 36.8 Å². The first-order valence-corrected chi connectivity index (χ1v) is 11.8. The minimum atomic E-state index is 0.00989. The van der Waals surface area contributed by atoms with Gasteiger partial charge in [-0.25, -0.2) is 0 Å². The number of aromatic nitrogens is 3. The molecule has 1 aromatic heterocycles. The van der Waals surface area contributed by atoms with Crippen LogP contribution in [0.4, 0.5) is 0 Å². The molecule has 3 fully saturated rings. The Morgan fingerprint density at radius 1 is 0.967 bits per heavy atom. The maximum absolute atomic E-state index is 12.1. The van der Waals surface area contributed by atoms with Gasteiger partial charge in [0.1, 0.15) is 0 Å². The predicted molar refractivity (Wildman–Crippen MR) is 115 cm³/mol. The van der Waals surface area contributed by atoms with Crippen molar-refractivity contribution < 1.29 is 4.79 Å². The summed E-state index contributed by atoms with van der Waals surface area (Å²) in [5.74, 6) is 2.87. The maximum Gasteiger partial charge on any atom is 0.220 e. The summed E-state index contributed by atoms with van der Waals surface area (Å²) in [5.41, 5.74) is 3.84. The molecule has 2 saturated carbocycles. The summed E-state index contributed by atoms with van der Waals surface area (Å²) < 4.78 is 0. The van der Waals surface area contributed by atoms with Crippen LogP contribution in [0.3, 0.4) is 0 Å². The first kappa shape index (κ1) is 18.6. The number of hydrogen-bond acceptors (Lipinski definition) is 3. The standard InChI is InChI=1S/C25H32N4O/c1-24-14-13-21-23(28-29(27-21)16-6-4-3-5-7-16)20(24)9-8-17-18(24)12-15-25(2)19(17)10-11-22(30)26-25/h3-7,17-20H,8-15H2,1-2H3,(H,26,30). The van der Waals surface area contributed by atoms with Crippen molar-refractivity contribution in [3.8, 4) is 5.69 Å². The van der Waals surface area contributed by atoms with Crippen LogP contribution in [0.5, 0.6) is 0 Å². The third-order valence-electron chi connectivity index (χ3n) is 9.30. The molecule has 1 aliphatic heterocycles. The first-order chi connectivity index (χ1) is 14.5. The van der Waals surface area contributed by atoms with Crippen LogP contribution in [0.1, 0.15) is 76.1 Å². The highest BCUT2D eigenvalue weighted by Crippen LogP contribution is 2.63. The van der Waals surface area contributed by atoms with E-state index in [2.05, 4.69) is 43.4 Å². The molecule has 3 aliphatic carbocycles. The number of fused-ring (bicyclic) bond motifs is 7. The highest BCUT2D eigenvalue weighted by Gasteiger charge is 2.58. The molecule has 1 aromatic carbocycles. The Kier molecular flexibility index (Phi) is 3.97. The average Bonchev–Trinajstić information content (AvgIpc) is 3.17. The fraction of sp³-hybridized carbons (Fsp3) is 0.640. The van der Waals surface area contributed by atoms with Gasteiger partial charge in [-0.3, -0.25) is 4.79 Å². The number of carbonyl (C=O) groups is 1. The lowest BCUT2D eigenvalue weighted by molar-refractivity contribution is -0.134. The molecule has 5 heteroatoms. The van der Waals surface area contributed by atoms with Gasteiger partial charge in [0.15, 0.2) is 0 Å². The van der Waals surface area contributed by atoms with Gasteiger partial charge in [-0.1, -0.05) is 25.1 Å². The van der Waals surface area contributed by atoms with Crippen molar-refractivity contribution in [2.75, 3.05) is 0 Å². The van der Waals surface area contributed by atoms with Crippen LogP contribution < -0.4 is 5.32 Å². The lowest BCUT2D eigenvalue weighted by atomic mass is 9.45. The molecule has 0 bridgehead atoms. The number of piperidine rings is 1. The fourth-order valence-electron chi connectivity index (χ4n) is 7.80. The van der Waals surface area contributed by atoms with E-state index in [1.165, 1.54) is 37.1 Å². The second kappa shape index (κ2) is 6.41. The molecule has 0 spiro atoms. The van der Waals surface area contributed by atoms with Gasteiger partial charge in [0.25, 0.3) is 0 Å². The minimum Gasteiger partial charge on any atom is -0.351 e. The number of nitrogens with zero attached hydrogens (tertiary/aromatic N) is 3. The lowest BCUT2D eigenvalue weighted by Crippen LogP contribution is -2.63. The predicted octanol–water partition coefficient (Wildman–Crippen LogP) is 4.41. The Morgan fingerprint density at radius 3 is 2.63 bits per heavy atom. The molecule has 1 amide bonds. The van der Waals surface area contributed by atoms with Gasteiger partial charge in [0.2, 0.25) is 5.91 Å². The second-order valence-electron chi connectivity index (χ2n) is 10.7. The Balaban J connectivity index is 1.33.